The number of aliphatic hydroxyl groups excluding tert-OH is 1. The van der Waals surface area contributed by atoms with Gasteiger partial charge in [-0.3, -0.25) is 4.52 Å². The van der Waals surface area contributed by atoms with Crippen molar-refractivity contribution in [3.63, 3.8) is 0 Å². The lowest BCUT2D eigenvalue weighted by atomic mass is 10.1. The summed E-state index contributed by atoms with van der Waals surface area (Å²) in [6.45, 7) is -0.869. The van der Waals surface area contributed by atoms with Crippen molar-refractivity contribution >= 4 is 40.4 Å². The molecule has 3 heterocycles. The van der Waals surface area contributed by atoms with Crippen molar-refractivity contribution in [1.29, 1.82) is 0 Å². The third kappa shape index (κ3) is 5.48. The summed E-state index contributed by atoms with van der Waals surface area (Å²) in [6.07, 6.45) is 0.0603. The lowest BCUT2D eigenvalue weighted by Crippen LogP contribution is -2.31. The number of nitrogens with zero attached hydrogens (tertiary/aromatic N) is 4. The van der Waals surface area contributed by atoms with Gasteiger partial charge < -0.3 is 39.7 Å². The number of nitrogens with two attached hydrogens (primary N) is 1. The fraction of sp³-hybridized carbons (Fsp3) is 0.500. The van der Waals surface area contributed by atoms with Crippen LogP contribution < -0.4 is 5.73 Å². The fourth-order valence-corrected chi connectivity index (χ4v) is 5.67. The predicted octanol–water partition coefficient (Wildman–Crippen LogP) is -0.947. The Labute approximate surface area is 166 Å². The van der Waals surface area contributed by atoms with Gasteiger partial charge in [-0.05, 0) is 0 Å². The highest BCUT2D eigenvalue weighted by atomic mass is 31.3. The normalized spacial score (nSPS) is 26.5. The van der Waals surface area contributed by atoms with Crippen LogP contribution in [-0.2, 0) is 31.6 Å². The van der Waals surface area contributed by atoms with E-state index in [1.165, 1.54) is 17.2 Å². The molecule has 0 radical (unpaired) electrons. The smallest absolute Gasteiger partial charge is 0.388 e. The van der Waals surface area contributed by atoms with Crippen LogP contribution in [-0.4, -0.2) is 69.6 Å². The molecule has 7 N–H and O–H groups in total. The molecule has 1 aliphatic heterocycles. The Balaban J connectivity index is 1.64. The molecule has 3 rings (SSSR count). The molecule has 5 atom stereocenters. The standard InChI is InChI=1S/C10H16N5O12P3/c11-9-7-10(13-3-12-9)15(4-14-7)5-1-24-6(8(5)16)2-25-29(20,21)27-30(22,23)26-28(17,18)19/h3-6,8,16H,1-2H2,(H,20,21)(H,22,23)(H2,11,12,13)(H2,17,18,19)/t5-,6-,8+/m0/s1. The first-order valence-corrected chi connectivity index (χ1v) is 12.3. The number of phosphoric acid groups is 3. The summed E-state index contributed by atoms with van der Waals surface area (Å²) in [5.74, 6) is 0.122. The minimum absolute atomic E-state index is 0.0824. The Morgan fingerprint density at radius 2 is 1.83 bits per heavy atom. The van der Waals surface area contributed by atoms with Crippen LogP contribution in [0, 0.1) is 0 Å². The topological polar surface area (TPSA) is 259 Å². The summed E-state index contributed by atoms with van der Waals surface area (Å²) in [6, 6.07) is -0.737. The largest absolute Gasteiger partial charge is 0.490 e. The maximum Gasteiger partial charge on any atom is 0.490 e. The summed E-state index contributed by atoms with van der Waals surface area (Å²) in [7, 11) is -16.5. The molecule has 17 nitrogen and oxygen atoms in total. The molecular weight excluding hydrogens is 475 g/mol. The van der Waals surface area contributed by atoms with Gasteiger partial charge in [0, 0.05) is 0 Å². The van der Waals surface area contributed by atoms with Gasteiger partial charge in [-0.15, -0.1) is 0 Å². The minimum atomic E-state index is -5.64. The zero-order valence-corrected chi connectivity index (χ0v) is 17.3. The summed E-state index contributed by atoms with van der Waals surface area (Å²) in [5, 5.41) is 10.5. The molecule has 20 heteroatoms. The van der Waals surface area contributed by atoms with Crippen LogP contribution in [0.5, 0.6) is 0 Å². The van der Waals surface area contributed by atoms with E-state index in [0.29, 0.717) is 11.2 Å². The molecule has 0 saturated carbocycles. The second kappa shape index (κ2) is 8.31. The van der Waals surface area contributed by atoms with Gasteiger partial charge in [0.1, 0.15) is 24.1 Å². The summed E-state index contributed by atoms with van der Waals surface area (Å²) in [5.41, 5.74) is 6.30. The van der Waals surface area contributed by atoms with E-state index >= 15 is 0 Å². The van der Waals surface area contributed by atoms with E-state index in [1.807, 2.05) is 0 Å². The Morgan fingerprint density at radius 3 is 2.50 bits per heavy atom. The molecule has 168 valence electrons. The molecule has 1 saturated heterocycles. The van der Waals surface area contributed by atoms with Crippen LogP contribution in [0.4, 0.5) is 5.82 Å². The number of phosphoric ester groups is 1. The number of imidazole rings is 1. The quantitative estimate of drug-likeness (QED) is 0.243. The SMILES string of the molecule is Nc1ncnc2c1ncn2[C@H]1CO[C@@H](COP(=O)(O)OP(=O)(O)OP(=O)(O)O)[C@@H]1O. The molecule has 0 amide bonds. The first-order chi connectivity index (χ1) is 13.8. The number of rotatable bonds is 8. The number of hydrogen-bond donors (Lipinski definition) is 6. The van der Waals surface area contributed by atoms with Crippen molar-refractivity contribution in [2.75, 3.05) is 18.9 Å². The summed E-state index contributed by atoms with van der Waals surface area (Å²) < 4.78 is 52.1. The zero-order valence-electron chi connectivity index (χ0n) is 14.6. The van der Waals surface area contributed by atoms with Gasteiger partial charge in [0.05, 0.1) is 25.6 Å². The Hall–Kier alpha value is -1.32. The van der Waals surface area contributed by atoms with Crippen molar-refractivity contribution in [3.05, 3.63) is 12.7 Å². The first kappa shape index (κ1) is 23.3. The average Bonchev–Trinajstić information content (AvgIpc) is 3.14. The molecule has 30 heavy (non-hydrogen) atoms. The van der Waals surface area contributed by atoms with Gasteiger partial charge in [0.25, 0.3) is 0 Å². The molecule has 2 unspecified atom stereocenters. The Kier molecular flexibility index (Phi) is 6.47. The number of aromatic nitrogens is 4. The number of hydrogen-bond acceptors (Lipinski definition) is 12. The van der Waals surface area contributed by atoms with Crippen molar-refractivity contribution in [2.24, 2.45) is 0 Å². The zero-order chi connectivity index (χ0) is 22.3. The highest BCUT2D eigenvalue weighted by Gasteiger charge is 2.43. The maximum absolute atomic E-state index is 11.8. The minimum Gasteiger partial charge on any atom is -0.388 e. The number of nitrogen functional groups attached to an aromatic ring is 1. The third-order valence-electron chi connectivity index (χ3n) is 3.82. The first-order valence-electron chi connectivity index (χ1n) is 7.79. The Morgan fingerprint density at radius 1 is 1.13 bits per heavy atom. The van der Waals surface area contributed by atoms with E-state index < -0.39 is 48.3 Å². The second-order valence-corrected chi connectivity index (χ2v) is 10.3. The Bertz CT molecular complexity index is 1070. The molecule has 2 aromatic heterocycles. The molecule has 0 bridgehead atoms. The van der Waals surface area contributed by atoms with E-state index in [1.54, 1.807) is 0 Å². The molecular formula is C10H16N5O12P3. The predicted molar refractivity (Wildman–Crippen MR) is 94.3 cm³/mol. The van der Waals surface area contributed by atoms with Crippen LogP contribution in [0.1, 0.15) is 6.04 Å². The lowest BCUT2D eigenvalue weighted by Gasteiger charge is -2.20. The highest BCUT2D eigenvalue weighted by Crippen LogP contribution is 2.66. The van der Waals surface area contributed by atoms with E-state index in [4.69, 9.17) is 25.2 Å². The van der Waals surface area contributed by atoms with Crippen molar-refractivity contribution in [3.8, 4) is 0 Å². The third-order valence-corrected chi connectivity index (χ3v) is 7.62. The molecule has 2 aromatic rings. The van der Waals surface area contributed by atoms with Crippen LogP contribution in [0.15, 0.2) is 12.7 Å². The van der Waals surface area contributed by atoms with Crippen LogP contribution in [0.2, 0.25) is 0 Å². The van der Waals surface area contributed by atoms with Gasteiger partial charge in [-0.25, -0.2) is 28.6 Å². The average molecular weight is 491 g/mol. The number of aliphatic hydroxyl groups is 1. The van der Waals surface area contributed by atoms with Crippen LogP contribution in [0.3, 0.4) is 0 Å². The second-order valence-electron chi connectivity index (χ2n) is 5.90. The molecule has 0 aromatic carbocycles. The van der Waals surface area contributed by atoms with E-state index in [9.17, 15) is 23.7 Å². The molecule has 0 aliphatic carbocycles. The molecule has 1 fully saturated rings. The van der Waals surface area contributed by atoms with Gasteiger partial charge in [0.2, 0.25) is 0 Å². The van der Waals surface area contributed by atoms with Crippen LogP contribution in [0.25, 0.3) is 11.2 Å². The summed E-state index contributed by atoms with van der Waals surface area (Å²) in [4.78, 5) is 47.4. The summed E-state index contributed by atoms with van der Waals surface area (Å²) >= 11 is 0. The van der Waals surface area contributed by atoms with Gasteiger partial charge in [-0.2, -0.15) is 8.62 Å². The monoisotopic (exact) mass is 491 g/mol. The number of anilines is 1. The van der Waals surface area contributed by atoms with Gasteiger partial charge in [-0.1, -0.05) is 0 Å². The molecule has 0 spiro atoms. The van der Waals surface area contributed by atoms with E-state index in [0.717, 1.165) is 0 Å². The molecule has 1 aliphatic rings. The number of ether oxygens (including phenoxy) is 1. The lowest BCUT2D eigenvalue weighted by molar-refractivity contribution is 0.00173. The van der Waals surface area contributed by atoms with Crippen molar-refractivity contribution in [2.45, 2.75) is 18.2 Å². The van der Waals surface area contributed by atoms with Crippen molar-refractivity contribution in [1.82, 2.24) is 19.5 Å². The van der Waals surface area contributed by atoms with Gasteiger partial charge in [0.15, 0.2) is 11.5 Å². The van der Waals surface area contributed by atoms with E-state index in [2.05, 4.69) is 28.1 Å². The maximum atomic E-state index is 11.8. The van der Waals surface area contributed by atoms with Crippen molar-refractivity contribution < 1.29 is 56.3 Å². The van der Waals surface area contributed by atoms with E-state index in [-0.39, 0.29) is 12.4 Å². The van der Waals surface area contributed by atoms with Crippen LogP contribution >= 0.6 is 23.5 Å². The fourth-order valence-electron chi connectivity index (χ4n) is 2.64. The highest BCUT2D eigenvalue weighted by molar-refractivity contribution is 7.66. The van der Waals surface area contributed by atoms with Gasteiger partial charge >= 0.3 is 23.5 Å². The number of fused-ring (bicyclic) bond motifs is 1.